The third kappa shape index (κ3) is 4.04. The molecule has 0 radical (unpaired) electrons. The molecule has 0 atom stereocenters. The number of aromatic nitrogens is 3. The van der Waals surface area contributed by atoms with Crippen LogP contribution < -0.4 is 19.6 Å². The van der Waals surface area contributed by atoms with Crippen LogP contribution in [0.15, 0.2) is 47.3 Å². The zero-order valence-corrected chi connectivity index (χ0v) is 18.2. The Morgan fingerprint density at radius 3 is 2.70 bits per heavy atom. The van der Waals surface area contributed by atoms with E-state index in [1.807, 2.05) is 49.4 Å². The first-order valence-electron chi connectivity index (χ1n) is 9.66. The number of hydrogen-bond donors (Lipinski definition) is 0. The Kier molecular flexibility index (Phi) is 6.01. The molecule has 4 aromatic rings. The van der Waals surface area contributed by atoms with Gasteiger partial charge in [-0.15, -0.1) is 5.10 Å². The van der Waals surface area contributed by atoms with E-state index in [4.69, 9.17) is 21.1 Å². The van der Waals surface area contributed by atoms with Gasteiger partial charge in [-0.1, -0.05) is 48.1 Å². The maximum Gasteiger partial charge on any atom is 0.291 e. The molecule has 0 N–H and O–H groups in total. The number of rotatable bonds is 7. The molecular weight excluding hydrogens is 422 g/mol. The molecule has 8 heteroatoms. The second-order valence-corrected chi connectivity index (χ2v) is 7.93. The van der Waals surface area contributed by atoms with E-state index >= 15 is 0 Å². The Balaban J connectivity index is 1.72. The zero-order chi connectivity index (χ0) is 21.1. The summed E-state index contributed by atoms with van der Waals surface area (Å²) < 4.78 is 13.3. The largest absolute Gasteiger partial charge is 0.490 e. The van der Waals surface area contributed by atoms with Crippen molar-refractivity contribution in [2.75, 3.05) is 13.2 Å². The van der Waals surface area contributed by atoms with Crippen molar-refractivity contribution in [3.8, 4) is 22.9 Å². The summed E-state index contributed by atoms with van der Waals surface area (Å²) in [5.74, 6) is 1.80. The van der Waals surface area contributed by atoms with Crippen molar-refractivity contribution in [2.45, 2.75) is 20.3 Å². The van der Waals surface area contributed by atoms with Gasteiger partial charge in [-0.2, -0.15) is 9.50 Å². The van der Waals surface area contributed by atoms with Gasteiger partial charge >= 0.3 is 0 Å². The molecule has 0 saturated carbocycles. The minimum Gasteiger partial charge on any atom is -0.490 e. The van der Waals surface area contributed by atoms with Gasteiger partial charge in [-0.3, -0.25) is 4.79 Å². The van der Waals surface area contributed by atoms with E-state index in [2.05, 4.69) is 17.0 Å². The van der Waals surface area contributed by atoms with E-state index in [0.29, 0.717) is 50.6 Å². The molecule has 2 aromatic carbocycles. The van der Waals surface area contributed by atoms with Crippen molar-refractivity contribution < 1.29 is 9.47 Å². The molecule has 0 fully saturated rings. The topological polar surface area (TPSA) is 65.7 Å². The van der Waals surface area contributed by atoms with E-state index in [1.54, 1.807) is 6.07 Å². The standard InChI is InChI=1S/C22H20ClN3O3S/c1-3-11-29-17-10-9-14(12-18(17)28-4-2)13-19-21(27)26-22(30-19)24-20(25-26)15-7-5-6-8-16(15)23/h5-10,12-13H,3-4,11H2,1-2H3. The number of halogens is 1. The minimum atomic E-state index is -0.218. The highest BCUT2D eigenvalue weighted by Crippen LogP contribution is 2.29. The van der Waals surface area contributed by atoms with Gasteiger partial charge in [0, 0.05) is 5.56 Å². The predicted molar refractivity (Wildman–Crippen MR) is 120 cm³/mol. The summed E-state index contributed by atoms with van der Waals surface area (Å²) in [5.41, 5.74) is 1.32. The lowest BCUT2D eigenvalue weighted by Crippen LogP contribution is -2.23. The van der Waals surface area contributed by atoms with Crippen molar-refractivity contribution in [2.24, 2.45) is 0 Å². The average Bonchev–Trinajstić information content (AvgIpc) is 3.27. The van der Waals surface area contributed by atoms with Crippen molar-refractivity contribution >= 4 is 34.0 Å². The lowest BCUT2D eigenvalue weighted by molar-refractivity contribution is 0.277. The second-order valence-electron chi connectivity index (χ2n) is 6.51. The molecule has 0 saturated heterocycles. The summed E-state index contributed by atoms with van der Waals surface area (Å²) in [4.78, 5) is 17.8. The smallest absolute Gasteiger partial charge is 0.291 e. The fraction of sp³-hybridized carbons (Fsp3) is 0.227. The first-order valence-corrected chi connectivity index (χ1v) is 10.9. The summed E-state index contributed by atoms with van der Waals surface area (Å²) in [6, 6.07) is 12.9. The Labute approximate surface area is 182 Å². The number of ether oxygens (including phenoxy) is 2. The van der Waals surface area contributed by atoms with Crippen molar-refractivity contribution in [1.29, 1.82) is 0 Å². The number of benzene rings is 2. The summed E-state index contributed by atoms with van der Waals surface area (Å²) in [6.07, 6.45) is 2.72. The van der Waals surface area contributed by atoms with Crippen LogP contribution in [-0.4, -0.2) is 27.8 Å². The predicted octanol–water partition coefficient (Wildman–Crippen LogP) is 4.21. The first-order chi connectivity index (χ1) is 14.6. The third-order valence-corrected chi connectivity index (χ3v) is 5.61. The molecule has 2 heterocycles. The van der Waals surface area contributed by atoms with Crippen molar-refractivity contribution in [1.82, 2.24) is 14.6 Å². The van der Waals surface area contributed by atoms with E-state index < -0.39 is 0 Å². The number of thiazole rings is 1. The van der Waals surface area contributed by atoms with E-state index in [0.717, 1.165) is 12.0 Å². The number of fused-ring (bicyclic) bond motifs is 1. The van der Waals surface area contributed by atoms with Gasteiger partial charge in [0.15, 0.2) is 17.3 Å². The highest BCUT2D eigenvalue weighted by Gasteiger charge is 2.14. The highest BCUT2D eigenvalue weighted by atomic mass is 35.5. The summed E-state index contributed by atoms with van der Waals surface area (Å²) in [6.45, 7) is 5.12. The zero-order valence-electron chi connectivity index (χ0n) is 16.6. The maximum absolute atomic E-state index is 12.8. The van der Waals surface area contributed by atoms with Gasteiger partial charge in [0.2, 0.25) is 4.96 Å². The Morgan fingerprint density at radius 1 is 1.13 bits per heavy atom. The molecule has 0 aliphatic carbocycles. The monoisotopic (exact) mass is 441 g/mol. The number of nitrogens with zero attached hydrogens (tertiary/aromatic N) is 3. The van der Waals surface area contributed by atoms with E-state index in [9.17, 15) is 4.79 Å². The Morgan fingerprint density at radius 2 is 1.97 bits per heavy atom. The first kappa shape index (κ1) is 20.4. The van der Waals surface area contributed by atoms with Gasteiger partial charge in [-0.05, 0) is 49.2 Å². The summed E-state index contributed by atoms with van der Waals surface area (Å²) in [7, 11) is 0. The van der Waals surface area contributed by atoms with Crippen LogP contribution in [0.5, 0.6) is 11.5 Å². The van der Waals surface area contributed by atoms with Gasteiger partial charge in [0.25, 0.3) is 5.56 Å². The quantitative estimate of drug-likeness (QED) is 0.430. The molecule has 4 rings (SSSR count). The van der Waals surface area contributed by atoms with Crippen LogP contribution >= 0.6 is 22.9 Å². The fourth-order valence-electron chi connectivity index (χ4n) is 2.96. The molecular formula is C22H20ClN3O3S. The van der Waals surface area contributed by atoms with Crippen molar-refractivity contribution in [3.63, 3.8) is 0 Å². The van der Waals surface area contributed by atoms with Crippen LogP contribution in [0.1, 0.15) is 25.8 Å². The van der Waals surface area contributed by atoms with Crippen LogP contribution in [0.3, 0.4) is 0 Å². The number of hydrogen-bond acceptors (Lipinski definition) is 6. The molecule has 0 aliphatic rings. The molecule has 0 amide bonds. The maximum atomic E-state index is 12.8. The molecule has 6 nitrogen and oxygen atoms in total. The average molecular weight is 442 g/mol. The Hall–Kier alpha value is -2.90. The van der Waals surface area contributed by atoms with Crippen LogP contribution in [0.25, 0.3) is 22.4 Å². The molecule has 2 aromatic heterocycles. The normalized spacial score (nSPS) is 11.9. The van der Waals surface area contributed by atoms with Crippen LogP contribution in [0.2, 0.25) is 5.02 Å². The van der Waals surface area contributed by atoms with Gasteiger partial charge in [0.05, 0.1) is 22.8 Å². The van der Waals surface area contributed by atoms with E-state index in [-0.39, 0.29) is 5.56 Å². The second kappa shape index (κ2) is 8.85. The highest BCUT2D eigenvalue weighted by molar-refractivity contribution is 7.15. The molecule has 154 valence electrons. The minimum absolute atomic E-state index is 0.218. The Bertz CT molecular complexity index is 1300. The SMILES string of the molecule is CCCOc1ccc(C=c2sc3nc(-c4ccccc4Cl)nn3c2=O)cc1OCC. The third-order valence-electron chi connectivity index (χ3n) is 4.32. The molecule has 0 spiro atoms. The van der Waals surface area contributed by atoms with Crippen LogP contribution in [-0.2, 0) is 0 Å². The molecule has 0 aliphatic heterocycles. The van der Waals surface area contributed by atoms with Gasteiger partial charge < -0.3 is 9.47 Å². The lowest BCUT2D eigenvalue weighted by Gasteiger charge is -2.11. The van der Waals surface area contributed by atoms with E-state index in [1.165, 1.54) is 15.9 Å². The fourth-order valence-corrected chi connectivity index (χ4v) is 4.08. The van der Waals surface area contributed by atoms with Gasteiger partial charge in [0.1, 0.15) is 0 Å². The molecule has 0 bridgehead atoms. The van der Waals surface area contributed by atoms with Crippen molar-refractivity contribution in [3.05, 3.63) is 67.9 Å². The van der Waals surface area contributed by atoms with Gasteiger partial charge in [-0.25, -0.2) is 0 Å². The molecule has 30 heavy (non-hydrogen) atoms. The summed E-state index contributed by atoms with van der Waals surface area (Å²) in [5, 5.41) is 4.90. The summed E-state index contributed by atoms with van der Waals surface area (Å²) >= 11 is 7.51. The lowest BCUT2D eigenvalue weighted by atomic mass is 10.2. The molecule has 0 unspecified atom stereocenters. The van der Waals surface area contributed by atoms with Crippen LogP contribution in [0, 0.1) is 0 Å². The van der Waals surface area contributed by atoms with Crippen LogP contribution in [0.4, 0.5) is 0 Å².